The van der Waals surface area contributed by atoms with Gasteiger partial charge in [-0.25, -0.2) is 0 Å². The Labute approximate surface area is 189 Å². The minimum Gasteiger partial charge on any atom is -0.334 e. The van der Waals surface area contributed by atoms with Gasteiger partial charge >= 0.3 is 47.6 Å². The lowest BCUT2D eigenvalue weighted by molar-refractivity contribution is -0.459. The summed E-state index contributed by atoms with van der Waals surface area (Å²) in [6.45, 7) is -1.63. The van der Waals surface area contributed by atoms with Crippen molar-refractivity contribution < 1.29 is 79.4 Å². The fourth-order valence-electron chi connectivity index (χ4n) is 3.67. The highest BCUT2D eigenvalue weighted by Gasteiger charge is 2.95. The summed E-state index contributed by atoms with van der Waals surface area (Å²) in [5.41, 5.74) is 0. The van der Waals surface area contributed by atoms with Crippen LogP contribution < -0.4 is 0 Å². The van der Waals surface area contributed by atoms with Crippen molar-refractivity contribution in [3.8, 4) is 0 Å². The molecule has 2 saturated heterocycles. The zero-order valence-corrected chi connectivity index (χ0v) is 17.0. The maximum atomic E-state index is 14.1. The van der Waals surface area contributed by atoms with Gasteiger partial charge in [0, 0.05) is 25.7 Å². The molecule has 0 spiro atoms. The number of fused-ring (bicyclic) bond motifs is 1. The van der Waals surface area contributed by atoms with E-state index in [0.29, 0.717) is 13.0 Å². The van der Waals surface area contributed by atoms with E-state index in [1.807, 2.05) is 0 Å². The quantitative estimate of drug-likeness (QED) is 0.387. The zero-order valence-electron chi connectivity index (χ0n) is 17.0. The lowest BCUT2D eigenvalue weighted by Crippen LogP contribution is -2.75. The highest BCUT2D eigenvalue weighted by Crippen LogP contribution is 2.64. The van der Waals surface area contributed by atoms with Crippen LogP contribution in [0.4, 0.5) is 74.6 Å². The lowest BCUT2D eigenvalue weighted by Gasteiger charge is -2.44. The summed E-state index contributed by atoms with van der Waals surface area (Å²) in [7, 11) is 0. The molecule has 0 N–H and O–H groups in total. The van der Waals surface area contributed by atoms with Gasteiger partial charge in [-0.05, 0) is 19.4 Å². The van der Waals surface area contributed by atoms with Crippen LogP contribution in [-0.4, -0.2) is 95.6 Å². The number of nitrogens with zero attached hydrogens (tertiary/aromatic N) is 2. The number of halogens is 17. The second-order valence-corrected chi connectivity index (χ2v) is 8.10. The van der Waals surface area contributed by atoms with E-state index in [4.69, 9.17) is 0 Å². The minimum atomic E-state index is -8.71. The van der Waals surface area contributed by atoms with Crippen LogP contribution in [0, 0.1) is 0 Å². The molecule has 0 aromatic carbocycles. The van der Waals surface area contributed by atoms with Gasteiger partial charge in [-0.2, -0.15) is 74.6 Å². The summed E-state index contributed by atoms with van der Waals surface area (Å²) in [6.07, 6.45) is -7.19. The van der Waals surface area contributed by atoms with Crippen LogP contribution >= 0.6 is 0 Å². The summed E-state index contributed by atoms with van der Waals surface area (Å²) in [5.74, 6) is -61.0. The third kappa shape index (κ3) is 3.86. The van der Waals surface area contributed by atoms with Gasteiger partial charge in [0.15, 0.2) is 0 Å². The Hall–Kier alpha value is -1.76. The van der Waals surface area contributed by atoms with E-state index in [0.717, 1.165) is 0 Å². The van der Waals surface area contributed by atoms with E-state index < -0.39 is 72.7 Å². The van der Waals surface area contributed by atoms with Crippen LogP contribution in [-0.2, 0) is 4.79 Å². The molecular weight excluding hydrogens is 559 g/mol. The molecule has 0 unspecified atom stereocenters. The number of hydrogen-bond acceptors (Lipinski definition) is 2. The van der Waals surface area contributed by atoms with Crippen LogP contribution in [0.25, 0.3) is 0 Å². The molecule has 0 aromatic heterocycles. The molecule has 2 aliphatic heterocycles. The molecule has 3 nitrogen and oxygen atoms in total. The second-order valence-electron chi connectivity index (χ2n) is 8.10. The number of carbonyl (C=O) groups is 1. The molecule has 0 saturated carbocycles. The predicted molar refractivity (Wildman–Crippen MR) is 81.9 cm³/mol. The van der Waals surface area contributed by atoms with Crippen LogP contribution in [0.5, 0.6) is 0 Å². The molecule has 36 heavy (non-hydrogen) atoms. The molecule has 2 heterocycles. The third-order valence-corrected chi connectivity index (χ3v) is 5.87. The van der Waals surface area contributed by atoms with Gasteiger partial charge in [0.2, 0.25) is 0 Å². The van der Waals surface area contributed by atoms with Crippen molar-refractivity contribution in [2.45, 2.75) is 66.5 Å². The molecule has 1 atom stereocenters. The standard InChI is InChI=1S/C16H13F17N2O/c17-9(18,8(36)35-5-4-34-3-1-2-7(34)6-35)10(19,20)11(21,22)12(23,24)13(25,26)14(27,28)15(29,30)16(31,32)33/h7H,1-6H2/t7-/m0/s1. The first-order chi connectivity index (χ1) is 15.7. The first-order valence-electron chi connectivity index (χ1n) is 9.48. The summed E-state index contributed by atoms with van der Waals surface area (Å²) in [4.78, 5) is 13.2. The van der Waals surface area contributed by atoms with Gasteiger partial charge in [-0.3, -0.25) is 9.69 Å². The molecule has 2 aliphatic rings. The molecule has 20 heteroatoms. The number of rotatable bonds is 7. The summed E-state index contributed by atoms with van der Waals surface area (Å²) < 4.78 is 226. The Bertz CT molecular complexity index is 852. The van der Waals surface area contributed by atoms with E-state index >= 15 is 0 Å². The summed E-state index contributed by atoms with van der Waals surface area (Å²) in [5, 5.41) is 0. The first-order valence-corrected chi connectivity index (χ1v) is 9.48. The predicted octanol–water partition coefficient (Wildman–Crippen LogP) is 5.30. The molecule has 2 fully saturated rings. The normalized spacial score (nSPS) is 22.1. The summed E-state index contributed by atoms with van der Waals surface area (Å²) in [6, 6.07) is -0.762. The van der Waals surface area contributed by atoms with Gasteiger partial charge in [-0.15, -0.1) is 0 Å². The lowest BCUT2D eigenvalue weighted by atomic mass is 9.88. The van der Waals surface area contributed by atoms with Gasteiger partial charge in [0.05, 0.1) is 0 Å². The number of carbonyl (C=O) groups excluding carboxylic acids is 1. The molecule has 0 aromatic rings. The maximum Gasteiger partial charge on any atom is 0.460 e. The van der Waals surface area contributed by atoms with Crippen LogP contribution in [0.2, 0.25) is 0 Å². The van der Waals surface area contributed by atoms with Crippen LogP contribution in [0.1, 0.15) is 12.8 Å². The van der Waals surface area contributed by atoms with Crippen molar-refractivity contribution >= 4 is 5.91 Å². The highest BCUT2D eigenvalue weighted by molar-refractivity contribution is 5.85. The number of piperazine rings is 1. The highest BCUT2D eigenvalue weighted by atomic mass is 19.4. The Kier molecular flexibility index (Phi) is 7.08. The fourth-order valence-corrected chi connectivity index (χ4v) is 3.67. The third-order valence-electron chi connectivity index (χ3n) is 5.87. The molecule has 0 aliphatic carbocycles. The van der Waals surface area contributed by atoms with E-state index in [-0.39, 0.29) is 17.9 Å². The molecule has 212 valence electrons. The molecule has 2 rings (SSSR count). The largest absolute Gasteiger partial charge is 0.460 e. The average Bonchev–Trinajstić information content (AvgIpc) is 3.19. The van der Waals surface area contributed by atoms with Crippen molar-refractivity contribution in [1.29, 1.82) is 0 Å². The maximum absolute atomic E-state index is 14.1. The molecular formula is C16H13F17N2O. The number of hydrogen-bond donors (Lipinski definition) is 0. The van der Waals surface area contributed by atoms with Crippen molar-refractivity contribution in [2.75, 3.05) is 26.2 Å². The van der Waals surface area contributed by atoms with E-state index in [1.54, 1.807) is 4.90 Å². The van der Waals surface area contributed by atoms with Crippen molar-refractivity contribution in [3.05, 3.63) is 0 Å². The van der Waals surface area contributed by atoms with E-state index in [9.17, 15) is 79.4 Å². The van der Waals surface area contributed by atoms with Gasteiger partial charge in [0.1, 0.15) is 0 Å². The number of amides is 1. The fraction of sp³-hybridized carbons (Fsp3) is 0.938. The minimum absolute atomic E-state index is 0.189. The smallest absolute Gasteiger partial charge is 0.334 e. The average molecular weight is 572 g/mol. The van der Waals surface area contributed by atoms with Crippen molar-refractivity contribution in [3.63, 3.8) is 0 Å². The first kappa shape index (κ1) is 30.5. The van der Waals surface area contributed by atoms with Gasteiger partial charge < -0.3 is 4.90 Å². The number of alkyl halides is 17. The Morgan fingerprint density at radius 1 is 0.556 bits per heavy atom. The Morgan fingerprint density at radius 2 is 0.972 bits per heavy atom. The van der Waals surface area contributed by atoms with Crippen LogP contribution in [0.3, 0.4) is 0 Å². The second kappa shape index (κ2) is 8.37. The van der Waals surface area contributed by atoms with E-state index in [2.05, 4.69) is 0 Å². The van der Waals surface area contributed by atoms with E-state index in [1.165, 1.54) is 0 Å². The molecule has 1 amide bonds. The SMILES string of the molecule is O=C(N1CCN2CCC[C@H]2C1)C(F)(F)C(F)(F)C(F)(F)C(F)(F)C(F)(F)C(F)(F)C(F)(F)C(F)(F)F. The zero-order chi connectivity index (χ0) is 28.6. The summed E-state index contributed by atoms with van der Waals surface area (Å²) >= 11 is 0. The van der Waals surface area contributed by atoms with Crippen LogP contribution in [0.15, 0.2) is 0 Å². The Morgan fingerprint density at radius 3 is 1.42 bits per heavy atom. The monoisotopic (exact) mass is 572 g/mol. The van der Waals surface area contributed by atoms with Crippen molar-refractivity contribution in [1.82, 2.24) is 9.80 Å². The Balaban J connectivity index is 2.48. The molecule has 0 radical (unpaired) electrons. The topological polar surface area (TPSA) is 23.6 Å². The van der Waals surface area contributed by atoms with Gasteiger partial charge in [0.25, 0.3) is 5.91 Å². The molecule has 0 bridgehead atoms. The van der Waals surface area contributed by atoms with Crippen molar-refractivity contribution in [2.24, 2.45) is 0 Å². The van der Waals surface area contributed by atoms with Gasteiger partial charge in [-0.1, -0.05) is 0 Å².